The van der Waals surface area contributed by atoms with Crippen molar-refractivity contribution in [1.82, 2.24) is 0 Å². The van der Waals surface area contributed by atoms with Gasteiger partial charge in [0.25, 0.3) is 0 Å². The molecule has 1 unspecified atom stereocenters. The van der Waals surface area contributed by atoms with Gasteiger partial charge in [-0.05, 0) is 42.5 Å². The third-order valence-electron chi connectivity index (χ3n) is 3.00. The lowest BCUT2D eigenvalue weighted by Gasteiger charge is -2.00. The maximum absolute atomic E-state index is 13.4. The highest BCUT2D eigenvalue weighted by atomic mass is 35.5. The van der Waals surface area contributed by atoms with Gasteiger partial charge in [-0.3, -0.25) is 4.21 Å². The molecule has 2 nitrogen and oxygen atoms in total. The van der Waals surface area contributed by atoms with Gasteiger partial charge in [-0.25, -0.2) is 4.39 Å². The molecule has 0 aliphatic carbocycles. The van der Waals surface area contributed by atoms with E-state index in [1.807, 2.05) is 0 Å². The molecule has 3 aromatic rings. The second-order valence-corrected chi connectivity index (χ2v) is 6.11. The molecule has 0 fully saturated rings. The van der Waals surface area contributed by atoms with E-state index in [-0.39, 0.29) is 5.82 Å². The molecule has 0 N–H and O–H groups in total. The molecule has 0 amide bonds. The van der Waals surface area contributed by atoms with Gasteiger partial charge in [0.1, 0.15) is 11.4 Å². The Bertz CT molecular complexity index is 809. The van der Waals surface area contributed by atoms with Crippen molar-refractivity contribution in [2.75, 3.05) is 6.26 Å². The average Bonchev–Trinajstić information content (AvgIpc) is 2.78. The van der Waals surface area contributed by atoms with Gasteiger partial charge < -0.3 is 4.42 Å². The minimum atomic E-state index is -1.29. The number of hydrogen-bond acceptors (Lipinski definition) is 2. The van der Waals surface area contributed by atoms with E-state index >= 15 is 0 Å². The molecule has 1 atom stereocenters. The van der Waals surface area contributed by atoms with E-state index in [1.165, 1.54) is 12.1 Å². The Morgan fingerprint density at radius 1 is 1.15 bits per heavy atom. The largest absolute Gasteiger partial charge is 0.455 e. The smallest absolute Gasteiger partial charge is 0.151 e. The quantitative estimate of drug-likeness (QED) is 0.691. The van der Waals surface area contributed by atoms with Crippen molar-refractivity contribution in [2.45, 2.75) is 4.90 Å². The molecule has 0 spiro atoms. The summed E-state index contributed by atoms with van der Waals surface area (Å²) >= 11 is 5.86. The first-order valence-corrected chi connectivity index (χ1v) is 7.81. The molecule has 0 bridgehead atoms. The molecule has 0 saturated carbocycles. The highest BCUT2D eigenvalue weighted by Gasteiger charge is 2.19. The van der Waals surface area contributed by atoms with E-state index in [1.54, 1.807) is 36.6 Å². The van der Waals surface area contributed by atoms with Crippen LogP contribution in [0.1, 0.15) is 0 Å². The zero-order chi connectivity index (χ0) is 14.3. The van der Waals surface area contributed by atoms with Gasteiger partial charge >= 0.3 is 0 Å². The first-order chi connectivity index (χ1) is 9.56. The lowest BCUT2D eigenvalue weighted by Crippen LogP contribution is -1.89. The summed E-state index contributed by atoms with van der Waals surface area (Å²) in [4.78, 5) is 0.502. The number of furan rings is 1. The van der Waals surface area contributed by atoms with Crippen LogP contribution >= 0.6 is 11.6 Å². The van der Waals surface area contributed by atoms with Crippen LogP contribution in [0.5, 0.6) is 0 Å². The fraction of sp³-hybridized carbons (Fsp3) is 0.0667. The molecule has 0 aliphatic rings. The Hall–Kier alpha value is -1.65. The van der Waals surface area contributed by atoms with Crippen molar-refractivity contribution in [1.29, 1.82) is 0 Å². The second-order valence-electron chi connectivity index (χ2n) is 4.36. The van der Waals surface area contributed by atoms with Crippen LogP contribution in [0.15, 0.2) is 51.8 Å². The minimum absolute atomic E-state index is 0.382. The van der Waals surface area contributed by atoms with Crippen LogP contribution in [0.3, 0.4) is 0 Å². The number of benzene rings is 2. The highest BCUT2D eigenvalue weighted by Crippen LogP contribution is 2.36. The van der Waals surface area contributed by atoms with Crippen molar-refractivity contribution in [3.8, 4) is 11.3 Å². The molecule has 102 valence electrons. The molecule has 5 heteroatoms. The molecule has 20 heavy (non-hydrogen) atoms. The van der Waals surface area contributed by atoms with E-state index in [4.69, 9.17) is 16.0 Å². The standard InChI is InChI=1S/C15H10ClFO2S/c1-20(18)15-12-8-11(17)6-7-13(12)19-14(15)9-2-4-10(16)5-3-9/h2-8H,1H3. The molecule has 2 aromatic carbocycles. The zero-order valence-corrected chi connectivity index (χ0v) is 12.1. The first-order valence-electron chi connectivity index (χ1n) is 5.87. The normalized spacial score (nSPS) is 12.8. The lowest BCUT2D eigenvalue weighted by atomic mass is 10.1. The molecule has 0 saturated heterocycles. The van der Waals surface area contributed by atoms with Gasteiger partial charge in [0.15, 0.2) is 5.76 Å². The molecule has 3 rings (SSSR count). The fourth-order valence-corrected chi connectivity index (χ4v) is 3.14. The molecular formula is C15H10ClFO2S. The summed E-state index contributed by atoms with van der Waals surface area (Å²) < 4.78 is 31.1. The van der Waals surface area contributed by atoms with Crippen LogP contribution in [-0.2, 0) is 10.8 Å². The van der Waals surface area contributed by atoms with Crippen LogP contribution in [0.4, 0.5) is 4.39 Å². The fourth-order valence-electron chi connectivity index (χ4n) is 2.12. The van der Waals surface area contributed by atoms with Gasteiger partial charge in [-0.15, -0.1) is 0 Å². The maximum atomic E-state index is 13.4. The van der Waals surface area contributed by atoms with E-state index in [9.17, 15) is 8.60 Å². The topological polar surface area (TPSA) is 30.2 Å². The number of fused-ring (bicyclic) bond motifs is 1. The first kappa shape index (κ1) is 13.3. The van der Waals surface area contributed by atoms with Crippen molar-refractivity contribution in [3.05, 3.63) is 53.3 Å². The SMILES string of the molecule is CS(=O)c1c(-c2ccc(Cl)cc2)oc2ccc(F)cc12. The summed E-state index contributed by atoms with van der Waals surface area (Å²) in [7, 11) is -1.29. The molecule has 1 heterocycles. The van der Waals surface area contributed by atoms with Crippen LogP contribution in [0.25, 0.3) is 22.3 Å². The predicted octanol–water partition coefficient (Wildman–Crippen LogP) is 4.63. The average molecular weight is 309 g/mol. The van der Waals surface area contributed by atoms with E-state index in [0.29, 0.717) is 26.6 Å². The Kier molecular flexibility index (Phi) is 3.36. The van der Waals surface area contributed by atoms with Gasteiger partial charge in [0.2, 0.25) is 0 Å². The van der Waals surface area contributed by atoms with E-state index in [2.05, 4.69) is 0 Å². The molecular weight excluding hydrogens is 299 g/mol. The Balaban J connectivity index is 2.32. The van der Waals surface area contributed by atoms with Crippen molar-refractivity contribution < 1.29 is 13.0 Å². The summed E-state index contributed by atoms with van der Waals surface area (Å²) in [6.45, 7) is 0. The van der Waals surface area contributed by atoms with Gasteiger partial charge in [0, 0.05) is 22.2 Å². The third kappa shape index (κ3) is 2.25. The van der Waals surface area contributed by atoms with E-state index < -0.39 is 10.8 Å². The van der Waals surface area contributed by atoms with Gasteiger partial charge in [0.05, 0.1) is 15.7 Å². The van der Waals surface area contributed by atoms with Gasteiger partial charge in [-0.2, -0.15) is 0 Å². The van der Waals surface area contributed by atoms with Crippen molar-refractivity contribution in [2.24, 2.45) is 0 Å². The minimum Gasteiger partial charge on any atom is -0.455 e. The second kappa shape index (κ2) is 5.04. The third-order valence-corrected chi connectivity index (χ3v) is 4.23. The summed E-state index contributed by atoms with van der Waals surface area (Å²) in [6, 6.07) is 11.2. The van der Waals surface area contributed by atoms with Crippen molar-refractivity contribution >= 4 is 33.4 Å². The number of halogens is 2. The number of rotatable bonds is 2. The Labute approximate surface area is 122 Å². The Morgan fingerprint density at radius 2 is 1.85 bits per heavy atom. The van der Waals surface area contributed by atoms with E-state index in [0.717, 1.165) is 5.56 Å². The highest BCUT2D eigenvalue weighted by molar-refractivity contribution is 7.84. The molecule has 0 radical (unpaired) electrons. The summed E-state index contributed by atoms with van der Waals surface area (Å²) in [5.41, 5.74) is 1.28. The van der Waals surface area contributed by atoms with Crippen LogP contribution in [-0.4, -0.2) is 10.5 Å². The number of hydrogen-bond donors (Lipinski definition) is 0. The molecule has 1 aromatic heterocycles. The summed E-state index contributed by atoms with van der Waals surface area (Å²) in [5.74, 6) is 0.107. The van der Waals surface area contributed by atoms with Crippen LogP contribution in [0.2, 0.25) is 5.02 Å². The molecule has 0 aliphatic heterocycles. The summed E-state index contributed by atoms with van der Waals surface area (Å²) in [5, 5.41) is 1.14. The van der Waals surface area contributed by atoms with Crippen LogP contribution in [0, 0.1) is 5.82 Å². The monoisotopic (exact) mass is 308 g/mol. The van der Waals surface area contributed by atoms with Crippen LogP contribution < -0.4 is 0 Å². The summed E-state index contributed by atoms with van der Waals surface area (Å²) in [6.07, 6.45) is 1.55. The Morgan fingerprint density at radius 3 is 2.50 bits per heavy atom. The lowest BCUT2D eigenvalue weighted by molar-refractivity contribution is 0.615. The van der Waals surface area contributed by atoms with Crippen molar-refractivity contribution in [3.63, 3.8) is 0 Å². The van der Waals surface area contributed by atoms with Gasteiger partial charge in [-0.1, -0.05) is 11.6 Å². The zero-order valence-electron chi connectivity index (χ0n) is 10.5. The predicted molar refractivity (Wildman–Crippen MR) is 79.0 cm³/mol. The maximum Gasteiger partial charge on any atom is 0.151 e.